The molecule has 0 aromatic rings. The van der Waals surface area contributed by atoms with Gasteiger partial charge in [-0.3, -0.25) is 9.59 Å². The van der Waals surface area contributed by atoms with Gasteiger partial charge in [0.2, 0.25) is 0 Å². The van der Waals surface area contributed by atoms with Crippen LogP contribution in [-0.2, 0) is 14.3 Å². The predicted molar refractivity (Wildman–Crippen MR) is 118 cm³/mol. The van der Waals surface area contributed by atoms with Crippen molar-refractivity contribution in [1.29, 1.82) is 0 Å². The lowest BCUT2D eigenvalue weighted by atomic mass is 9.47. The Labute approximate surface area is 181 Å². The molecule has 8 unspecified atom stereocenters. The van der Waals surface area contributed by atoms with Crippen molar-refractivity contribution in [2.75, 3.05) is 0 Å². The Morgan fingerprint density at radius 1 is 1.20 bits per heavy atom. The molecule has 4 aliphatic carbocycles. The normalized spacial score (nSPS) is 44.4. The molecule has 8 atom stereocenters. The zero-order valence-electron chi connectivity index (χ0n) is 19.4. The van der Waals surface area contributed by atoms with Crippen LogP contribution < -0.4 is 5.73 Å². The second-order valence-electron chi connectivity index (χ2n) is 10.7. The van der Waals surface area contributed by atoms with E-state index in [0.717, 1.165) is 43.4 Å². The fraction of sp³-hybridized carbons (Fsp3) is 0.840. The summed E-state index contributed by atoms with van der Waals surface area (Å²) in [5, 5.41) is 7.42. The van der Waals surface area contributed by atoms with Gasteiger partial charge in [0, 0.05) is 26.3 Å². The molecule has 4 aliphatic rings. The van der Waals surface area contributed by atoms with Crippen LogP contribution in [0.25, 0.3) is 0 Å². The number of ether oxygens (including phenoxy) is 1. The van der Waals surface area contributed by atoms with E-state index in [-0.39, 0.29) is 23.5 Å². The maximum atomic E-state index is 11.4. The quantitative estimate of drug-likeness (QED) is 0.489. The lowest BCUT2D eigenvalue weighted by Crippen LogP contribution is -2.55. The SMILES string of the molecule is CC(=O)O.CCC1CCC2C3CC=C4CC(OC(C)=O)C(N)CC4(C)C3CCC12C. The highest BCUT2D eigenvalue weighted by molar-refractivity contribution is 5.66. The molecule has 3 saturated carbocycles. The molecule has 4 rings (SSSR count). The summed E-state index contributed by atoms with van der Waals surface area (Å²) in [5.74, 6) is 2.38. The van der Waals surface area contributed by atoms with Crippen LogP contribution in [0.1, 0.15) is 86.0 Å². The first-order valence-electron chi connectivity index (χ1n) is 11.8. The molecule has 0 saturated heterocycles. The number of esters is 1. The minimum atomic E-state index is -0.833. The minimum absolute atomic E-state index is 0.0277. The zero-order valence-corrected chi connectivity index (χ0v) is 19.4. The summed E-state index contributed by atoms with van der Waals surface area (Å²) in [6.45, 7) is 10.0. The van der Waals surface area contributed by atoms with E-state index in [2.05, 4.69) is 26.8 Å². The van der Waals surface area contributed by atoms with E-state index in [1.54, 1.807) is 0 Å². The summed E-state index contributed by atoms with van der Waals surface area (Å²) in [6, 6.07) is -0.0277. The number of hydrogen-bond acceptors (Lipinski definition) is 4. The molecule has 0 aromatic heterocycles. The summed E-state index contributed by atoms with van der Waals surface area (Å²) < 4.78 is 5.54. The molecule has 5 heteroatoms. The smallest absolute Gasteiger partial charge is 0.302 e. The minimum Gasteiger partial charge on any atom is -0.481 e. The molecule has 170 valence electrons. The molecule has 0 heterocycles. The summed E-state index contributed by atoms with van der Waals surface area (Å²) >= 11 is 0. The summed E-state index contributed by atoms with van der Waals surface area (Å²) in [7, 11) is 0. The van der Waals surface area contributed by atoms with Gasteiger partial charge in [0.25, 0.3) is 5.97 Å². The van der Waals surface area contributed by atoms with Crippen molar-refractivity contribution < 1.29 is 19.4 Å². The van der Waals surface area contributed by atoms with E-state index < -0.39 is 5.97 Å². The summed E-state index contributed by atoms with van der Waals surface area (Å²) in [6.07, 6.45) is 12.4. The van der Waals surface area contributed by atoms with E-state index in [1.165, 1.54) is 51.0 Å². The summed E-state index contributed by atoms with van der Waals surface area (Å²) in [5.41, 5.74) is 8.82. The Morgan fingerprint density at radius 2 is 1.87 bits per heavy atom. The second-order valence-corrected chi connectivity index (χ2v) is 10.7. The van der Waals surface area contributed by atoms with Crippen molar-refractivity contribution in [2.45, 2.75) is 98.1 Å². The average Bonchev–Trinajstić information content (AvgIpc) is 2.98. The van der Waals surface area contributed by atoms with Gasteiger partial charge in [-0.15, -0.1) is 0 Å². The number of carboxylic acid groups (broad SMARTS) is 1. The van der Waals surface area contributed by atoms with Crippen LogP contribution in [0.15, 0.2) is 11.6 Å². The number of carboxylic acids is 1. The van der Waals surface area contributed by atoms with Crippen LogP contribution in [0, 0.1) is 34.5 Å². The molecule has 5 nitrogen and oxygen atoms in total. The van der Waals surface area contributed by atoms with E-state index in [1.807, 2.05) is 0 Å². The van der Waals surface area contributed by atoms with Crippen molar-refractivity contribution in [1.82, 2.24) is 0 Å². The maximum absolute atomic E-state index is 11.4. The lowest BCUT2D eigenvalue weighted by molar-refractivity contribution is -0.150. The van der Waals surface area contributed by atoms with Gasteiger partial charge < -0.3 is 15.6 Å². The average molecular weight is 420 g/mol. The molecule has 0 aromatic carbocycles. The van der Waals surface area contributed by atoms with E-state index in [4.69, 9.17) is 20.4 Å². The topological polar surface area (TPSA) is 89.6 Å². The molecular formula is C25H41NO4. The Kier molecular flexibility index (Phi) is 6.71. The van der Waals surface area contributed by atoms with Crippen molar-refractivity contribution in [3.8, 4) is 0 Å². The third-order valence-corrected chi connectivity index (χ3v) is 9.19. The number of allylic oxidation sites excluding steroid dienone is 1. The van der Waals surface area contributed by atoms with Gasteiger partial charge >= 0.3 is 5.97 Å². The predicted octanol–water partition coefficient (Wildman–Crippen LogP) is 4.94. The maximum Gasteiger partial charge on any atom is 0.302 e. The molecule has 0 aliphatic heterocycles. The van der Waals surface area contributed by atoms with Crippen molar-refractivity contribution in [3.05, 3.63) is 11.6 Å². The van der Waals surface area contributed by atoms with E-state index >= 15 is 0 Å². The highest BCUT2D eigenvalue weighted by Gasteiger charge is 2.59. The van der Waals surface area contributed by atoms with Crippen molar-refractivity contribution >= 4 is 11.9 Å². The Hall–Kier alpha value is -1.36. The standard InChI is InChI=1S/C23H37NO2.C2H4O2/c1-5-15-7-9-18-17-8-6-16-12-21(26-14(2)25)20(24)13-23(16,4)19(17)10-11-22(15,18)3;1-2(3)4/h6,15,17-21H,5,7-13,24H2,1-4H3;1H3,(H,3,4). The third-order valence-electron chi connectivity index (χ3n) is 9.19. The molecule has 0 radical (unpaired) electrons. The zero-order chi connectivity index (χ0) is 22.3. The fourth-order valence-electron chi connectivity index (χ4n) is 7.87. The number of nitrogens with two attached hydrogens (primary N) is 1. The Morgan fingerprint density at radius 3 is 2.47 bits per heavy atom. The van der Waals surface area contributed by atoms with Gasteiger partial charge in [-0.05, 0) is 73.0 Å². The van der Waals surface area contributed by atoms with Gasteiger partial charge in [-0.2, -0.15) is 0 Å². The van der Waals surface area contributed by atoms with Crippen LogP contribution in [0.2, 0.25) is 0 Å². The summed E-state index contributed by atoms with van der Waals surface area (Å²) in [4.78, 5) is 20.4. The number of rotatable bonds is 2. The molecule has 0 spiro atoms. The Bertz CT molecular complexity index is 699. The number of fused-ring (bicyclic) bond motifs is 5. The molecule has 3 fully saturated rings. The second kappa shape index (κ2) is 8.64. The number of aliphatic carboxylic acids is 1. The van der Waals surface area contributed by atoms with Gasteiger partial charge in [-0.25, -0.2) is 0 Å². The van der Waals surface area contributed by atoms with Crippen LogP contribution in [-0.4, -0.2) is 29.2 Å². The lowest BCUT2D eigenvalue weighted by Gasteiger charge is -2.59. The van der Waals surface area contributed by atoms with Gasteiger partial charge in [0.1, 0.15) is 6.10 Å². The van der Waals surface area contributed by atoms with E-state index in [0.29, 0.717) is 5.41 Å². The number of carbonyl (C=O) groups is 2. The van der Waals surface area contributed by atoms with Crippen LogP contribution in [0.3, 0.4) is 0 Å². The van der Waals surface area contributed by atoms with Crippen molar-refractivity contribution in [3.63, 3.8) is 0 Å². The molecule has 0 amide bonds. The molecule has 30 heavy (non-hydrogen) atoms. The first-order chi connectivity index (χ1) is 14.0. The highest BCUT2D eigenvalue weighted by atomic mass is 16.5. The molecular weight excluding hydrogens is 378 g/mol. The van der Waals surface area contributed by atoms with Crippen LogP contribution in [0.4, 0.5) is 0 Å². The first kappa shape index (κ1) is 23.3. The fourth-order valence-corrected chi connectivity index (χ4v) is 7.87. The number of hydrogen-bond donors (Lipinski definition) is 2. The molecule has 3 N–H and O–H groups in total. The van der Waals surface area contributed by atoms with Gasteiger partial charge in [-0.1, -0.05) is 38.8 Å². The monoisotopic (exact) mass is 419 g/mol. The van der Waals surface area contributed by atoms with Gasteiger partial charge in [0.05, 0.1) is 0 Å². The third kappa shape index (κ3) is 4.06. The van der Waals surface area contributed by atoms with Crippen molar-refractivity contribution in [2.24, 2.45) is 40.2 Å². The Balaban J connectivity index is 0.000000589. The van der Waals surface area contributed by atoms with Crippen LogP contribution >= 0.6 is 0 Å². The first-order valence-corrected chi connectivity index (χ1v) is 11.8. The molecule has 0 bridgehead atoms. The largest absolute Gasteiger partial charge is 0.481 e. The van der Waals surface area contributed by atoms with Gasteiger partial charge in [0.15, 0.2) is 0 Å². The highest BCUT2D eigenvalue weighted by Crippen LogP contribution is 2.66. The van der Waals surface area contributed by atoms with E-state index in [9.17, 15) is 4.79 Å². The number of carbonyl (C=O) groups excluding carboxylic acids is 1. The van der Waals surface area contributed by atoms with Crippen LogP contribution in [0.5, 0.6) is 0 Å².